The van der Waals surface area contributed by atoms with Gasteiger partial charge in [-0.1, -0.05) is 0 Å². The van der Waals surface area contributed by atoms with Crippen molar-refractivity contribution >= 4 is 17.5 Å². The SMILES string of the molecule is COC(=O)C(CC(C)=O)C(C)=O. The maximum Gasteiger partial charge on any atom is 0.316 e. The van der Waals surface area contributed by atoms with E-state index in [0.717, 1.165) is 0 Å². The van der Waals surface area contributed by atoms with Gasteiger partial charge < -0.3 is 4.74 Å². The summed E-state index contributed by atoms with van der Waals surface area (Å²) in [7, 11) is 1.19. The van der Waals surface area contributed by atoms with Crippen molar-refractivity contribution in [2.24, 2.45) is 5.92 Å². The molecule has 0 amide bonds. The average Bonchev–Trinajstić information content (AvgIpc) is 1.98. The first-order valence-electron chi connectivity index (χ1n) is 3.56. The Bertz CT molecular complexity index is 207. The molecule has 0 aliphatic heterocycles. The number of Topliss-reactive ketones (excluding diaryl/α,β-unsaturated/α-hetero) is 2. The topological polar surface area (TPSA) is 60.4 Å². The molecule has 0 aliphatic carbocycles. The van der Waals surface area contributed by atoms with E-state index in [1.165, 1.54) is 21.0 Å². The number of carbonyl (C=O) groups is 3. The van der Waals surface area contributed by atoms with Crippen LogP contribution < -0.4 is 0 Å². The lowest BCUT2D eigenvalue weighted by Crippen LogP contribution is -2.25. The third-order valence-electron chi connectivity index (χ3n) is 1.47. The minimum atomic E-state index is -0.924. The number of hydrogen-bond acceptors (Lipinski definition) is 4. The van der Waals surface area contributed by atoms with E-state index >= 15 is 0 Å². The minimum absolute atomic E-state index is 0.0675. The number of ketones is 2. The van der Waals surface area contributed by atoms with Crippen molar-refractivity contribution in [2.75, 3.05) is 7.11 Å². The van der Waals surface area contributed by atoms with Crippen LogP contribution in [-0.4, -0.2) is 24.6 Å². The molecule has 0 rings (SSSR count). The van der Waals surface area contributed by atoms with E-state index in [2.05, 4.69) is 4.74 Å². The molecule has 0 radical (unpaired) electrons. The van der Waals surface area contributed by atoms with Gasteiger partial charge in [-0.3, -0.25) is 14.4 Å². The molecule has 0 N–H and O–H groups in total. The van der Waals surface area contributed by atoms with E-state index in [0.29, 0.717) is 0 Å². The van der Waals surface area contributed by atoms with Gasteiger partial charge in [0, 0.05) is 6.42 Å². The molecule has 0 heterocycles. The lowest BCUT2D eigenvalue weighted by atomic mass is 9.99. The zero-order valence-corrected chi connectivity index (χ0v) is 7.42. The zero-order chi connectivity index (χ0) is 9.72. The van der Waals surface area contributed by atoms with Gasteiger partial charge in [-0.2, -0.15) is 0 Å². The minimum Gasteiger partial charge on any atom is -0.468 e. The van der Waals surface area contributed by atoms with Gasteiger partial charge >= 0.3 is 5.97 Å². The summed E-state index contributed by atoms with van der Waals surface area (Å²) in [6.45, 7) is 2.60. The van der Waals surface area contributed by atoms with Gasteiger partial charge in [0.2, 0.25) is 0 Å². The average molecular weight is 172 g/mol. The largest absolute Gasteiger partial charge is 0.468 e. The molecule has 0 bridgehead atoms. The Morgan fingerprint density at radius 3 is 2.00 bits per heavy atom. The number of hydrogen-bond donors (Lipinski definition) is 0. The van der Waals surface area contributed by atoms with Crippen molar-refractivity contribution in [2.45, 2.75) is 20.3 Å². The maximum atomic E-state index is 10.9. The van der Waals surface area contributed by atoms with Crippen molar-refractivity contribution in [3.63, 3.8) is 0 Å². The highest BCUT2D eigenvalue weighted by Gasteiger charge is 2.25. The molecule has 0 aromatic carbocycles. The first-order valence-corrected chi connectivity index (χ1v) is 3.56. The number of rotatable bonds is 4. The van der Waals surface area contributed by atoms with E-state index in [1.54, 1.807) is 0 Å². The van der Waals surface area contributed by atoms with E-state index in [9.17, 15) is 14.4 Å². The standard InChI is InChI=1S/C8H12O4/c1-5(9)4-7(6(2)10)8(11)12-3/h7H,4H2,1-3H3. The summed E-state index contributed by atoms with van der Waals surface area (Å²) in [5.74, 6) is -2.09. The van der Waals surface area contributed by atoms with Crippen LogP contribution in [0.15, 0.2) is 0 Å². The van der Waals surface area contributed by atoms with Gasteiger partial charge in [-0.15, -0.1) is 0 Å². The van der Waals surface area contributed by atoms with Gasteiger partial charge in [-0.05, 0) is 13.8 Å². The monoisotopic (exact) mass is 172 g/mol. The summed E-state index contributed by atoms with van der Waals surface area (Å²) < 4.78 is 4.36. The lowest BCUT2D eigenvalue weighted by molar-refractivity contribution is -0.150. The molecular weight excluding hydrogens is 160 g/mol. The smallest absolute Gasteiger partial charge is 0.316 e. The van der Waals surface area contributed by atoms with Crippen LogP contribution in [0.1, 0.15) is 20.3 Å². The van der Waals surface area contributed by atoms with Crippen LogP contribution >= 0.6 is 0 Å². The highest BCUT2D eigenvalue weighted by atomic mass is 16.5. The molecule has 0 saturated heterocycles. The Morgan fingerprint density at radius 2 is 1.75 bits per heavy atom. The molecule has 12 heavy (non-hydrogen) atoms. The second kappa shape index (κ2) is 4.64. The molecule has 0 aliphatic rings. The fourth-order valence-electron chi connectivity index (χ4n) is 0.823. The number of esters is 1. The van der Waals surface area contributed by atoms with Crippen LogP contribution in [0.4, 0.5) is 0 Å². The Balaban J connectivity index is 4.33. The quantitative estimate of drug-likeness (QED) is 0.453. The molecule has 4 nitrogen and oxygen atoms in total. The summed E-state index contributed by atoms with van der Waals surface area (Å²) >= 11 is 0. The van der Waals surface area contributed by atoms with Gasteiger partial charge in [0.1, 0.15) is 17.5 Å². The third-order valence-corrected chi connectivity index (χ3v) is 1.47. The number of ether oxygens (including phenoxy) is 1. The van der Waals surface area contributed by atoms with Gasteiger partial charge in [-0.25, -0.2) is 0 Å². The molecular formula is C8H12O4. The van der Waals surface area contributed by atoms with E-state index < -0.39 is 11.9 Å². The van der Waals surface area contributed by atoms with Gasteiger partial charge in [0.05, 0.1) is 7.11 Å². The zero-order valence-electron chi connectivity index (χ0n) is 7.42. The highest BCUT2D eigenvalue weighted by Crippen LogP contribution is 2.07. The van der Waals surface area contributed by atoms with Crippen LogP contribution in [0.3, 0.4) is 0 Å². The van der Waals surface area contributed by atoms with Crippen molar-refractivity contribution in [3.05, 3.63) is 0 Å². The summed E-state index contributed by atoms with van der Waals surface area (Å²) in [6.07, 6.45) is -0.0675. The highest BCUT2D eigenvalue weighted by molar-refractivity contribution is 6.01. The summed E-state index contributed by atoms with van der Waals surface area (Å²) in [5.41, 5.74) is 0. The van der Waals surface area contributed by atoms with Crippen molar-refractivity contribution < 1.29 is 19.1 Å². The third kappa shape index (κ3) is 3.27. The Morgan fingerprint density at radius 1 is 1.25 bits per heavy atom. The van der Waals surface area contributed by atoms with Crippen molar-refractivity contribution in [3.8, 4) is 0 Å². The molecule has 4 heteroatoms. The van der Waals surface area contributed by atoms with Crippen LogP contribution in [0, 0.1) is 5.92 Å². The molecule has 0 spiro atoms. The molecule has 0 aromatic rings. The molecule has 68 valence electrons. The number of methoxy groups -OCH3 is 1. The van der Waals surface area contributed by atoms with Crippen molar-refractivity contribution in [1.29, 1.82) is 0 Å². The molecule has 0 saturated carbocycles. The fraction of sp³-hybridized carbons (Fsp3) is 0.625. The second-order valence-electron chi connectivity index (χ2n) is 2.59. The lowest BCUT2D eigenvalue weighted by Gasteiger charge is -2.08. The summed E-state index contributed by atoms with van der Waals surface area (Å²) in [6, 6.07) is 0. The van der Waals surface area contributed by atoms with Crippen LogP contribution in [-0.2, 0) is 19.1 Å². The Hall–Kier alpha value is -1.19. The van der Waals surface area contributed by atoms with Gasteiger partial charge in [0.25, 0.3) is 0 Å². The van der Waals surface area contributed by atoms with Crippen LogP contribution in [0.5, 0.6) is 0 Å². The van der Waals surface area contributed by atoms with E-state index in [1.807, 2.05) is 0 Å². The maximum absolute atomic E-state index is 10.9. The van der Waals surface area contributed by atoms with Crippen LogP contribution in [0.2, 0.25) is 0 Å². The molecule has 1 atom stereocenters. The summed E-state index contributed by atoms with van der Waals surface area (Å²) in [5, 5.41) is 0. The first kappa shape index (κ1) is 10.8. The first-order chi connectivity index (χ1) is 5.49. The van der Waals surface area contributed by atoms with E-state index in [4.69, 9.17) is 0 Å². The van der Waals surface area contributed by atoms with E-state index in [-0.39, 0.29) is 18.0 Å². The predicted octanol–water partition coefficient (Wildman–Crippen LogP) is 0.344. The normalized spacial score (nSPS) is 11.9. The van der Waals surface area contributed by atoms with Crippen LogP contribution in [0.25, 0.3) is 0 Å². The second-order valence-corrected chi connectivity index (χ2v) is 2.59. The van der Waals surface area contributed by atoms with Gasteiger partial charge in [0.15, 0.2) is 0 Å². The molecule has 1 unspecified atom stereocenters. The van der Waals surface area contributed by atoms with Crippen molar-refractivity contribution in [1.82, 2.24) is 0 Å². The molecule has 0 aromatic heterocycles. The predicted molar refractivity (Wildman–Crippen MR) is 41.5 cm³/mol. The Labute approximate surface area is 70.9 Å². The Kier molecular flexibility index (Phi) is 4.18. The summed E-state index contributed by atoms with van der Waals surface area (Å²) in [4.78, 5) is 32.3. The number of carbonyl (C=O) groups excluding carboxylic acids is 3. The fourth-order valence-corrected chi connectivity index (χ4v) is 0.823. The molecule has 0 fully saturated rings.